The first kappa shape index (κ1) is 9.41. The summed E-state index contributed by atoms with van der Waals surface area (Å²) >= 11 is 3.95. The van der Waals surface area contributed by atoms with Crippen LogP contribution in [0.2, 0.25) is 0 Å². The van der Waals surface area contributed by atoms with Gasteiger partial charge >= 0.3 is 0 Å². The summed E-state index contributed by atoms with van der Waals surface area (Å²) in [4.78, 5) is 12.4. The number of hydrogen-bond acceptors (Lipinski definition) is 1. The lowest BCUT2D eigenvalue weighted by Crippen LogP contribution is -2.33. The molecule has 2 heteroatoms. The maximum absolute atomic E-state index is 12.4. The van der Waals surface area contributed by atoms with Crippen LogP contribution in [0.4, 0.5) is 0 Å². The zero-order valence-electron chi connectivity index (χ0n) is 8.95. The van der Waals surface area contributed by atoms with Crippen LogP contribution in [0.3, 0.4) is 0 Å². The lowest BCUT2D eigenvalue weighted by atomic mass is 9.79. The van der Waals surface area contributed by atoms with Crippen LogP contribution >= 0.6 is 15.9 Å². The smallest absolute Gasteiger partial charge is 0.168 e. The average molecular weight is 277 g/mol. The van der Waals surface area contributed by atoms with Gasteiger partial charge in [-0.05, 0) is 36.7 Å². The number of alkyl halides is 1. The maximum atomic E-state index is 12.4. The predicted octanol–water partition coefficient (Wildman–Crippen LogP) is 3.52. The number of carbonyl (C=O) groups is 1. The molecule has 0 radical (unpaired) electrons. The normalized spacial score (nSPS) is 43.6. The van der Waals surface area contributed by atoms with Gasteiger partial charge in [-0.2, -0.15) is 0 Å². The van der Waals surface area contributed by atoms with Gasteiger partial charge in [0.1, 0.15) is 0 Å². The summed E-state index contributed by atoms with van der Waals surface area (Å²) in [5.74, 6) is 1.92. The molecule has 1 nitrogen and oxygen atoms in total. The molecule has 0 spiro atoms. The molecule has 1 aromatic carbocycles. The molecule has 0 saturated heterocycles. The molecule has 0 amide bonds. The van der Waals surface area contributed by atoms with Crippen LogP contribution in [-0.2, 0) is 4.32 Å². The fourth-order valence-corrected chi connectivity index (χ4v) is 5.63. The second kappa shape index (κ2) is 2.79. The van der Waals surface area contributed by atoms with Crippen molar-refractivity contribution in [3.05, 3.63) is 35.4 Å². The standard InChI is InChI=1S/C14H13BrO/c15-14-9-6-5-8(7-9)12(14)13(16)10-3-1-2-4-11(10)14/h1-4,8-9,12H,5-7H2/t8-,9-,12+,14+/m0/s1. The SMILES string of the molecule is O=C1c2ccccc2[C@]2(Br)[C@H]3CC[C@@H](C3)[C@H]12. The number of halogens is 1. The molecule has 0 aromatic heterocycles. The Morgan fingerprint density at radius 3 is 2.94 bits per heavy atom. The molecule has 4 atom stereocenters. The van der Waals surface area contributed by atoms with Crippen LogP contribution in [0.25, 0.3) is 0 Å². The minimum absolute atomic E-state index is 0.0103. The highest BCUT2D eigenvalue weighted by atomic mass is 79.9. The van der Waals surface area contributed by atoms with Gasteiger partial charge in [-0.3, -0.25) is 4.79 Å². The lowest BCUT2D eigenvalue weighted by molar-refractivity contribution is 0.0873. The van der Waals surface area contributed by atoms with E-state index in [4.69, 9.17) is 0 Å². The quantitative estimate of drug-likeness (QED) is 0.663. The van der Waals surface area contributed by atoms with Crippen molar-refractivity contribution in [1.82, 2.24) is 0 Å². The van der Waals surface area contributed by atoms with Crippen LogP contribution in [0.15, 0.2) is 24.3 Å². The van der Waals surface area contributed by atoms with Crippen LogP contribution in [-0.4, -0.2) is 5.78 Å². The van der Waals surface area contributed by atoms with Crippen molar-refractivity contribution in [3.8, 4) is 0 Å². The van der Waals surface area contributed by atoms with E-state index in [0.29, 0.717) is 17.6 Å². The molecule has 3 aliphatic rings. The first-order valence-corrected chi connectivity index (χ1v) is 6.85. The van der Waals surface area contributed by atoms with Crippen molar-refractivity contribution < 1.29 is 4.79 Å². The number of ketones is 1. The number of rotatable bonds is 0. The molecule has 2 fully saturated rings. The van der Waals surface area contributed by atoms with Crippen molar-refractivity contribution in [2.24, 2.45) is 17.8 Å². The molecule has 2 saturated carbocycles. The molecule has 3 aliphatic carbocycles. The summed E-state index contributed by atoms with van der Waals surface area (Å²) in [5, 5.41) is 0. The zero-order valence-corrected chi connectivity index (χ0v) is 10.5. The Hall–Kier alpha value is -0.630. The molecule has 0 N–H and O–H groups in total. The van der Waals surface area contributed by atoms with Crippen LogP contribution in [0.1, 0.15) is 35.2 Å². The molecular weight excluding hydrogens is 264 g/mol. The van der Waals surface area contributed by atoms with Crippen molar-refractivity contribution >= 4 is 21.7 Å². The van der Waals surface area contributed by atoms with E-state index in [2.05, 4.69) is 28.1 Å². The summed E-state index contributed by atoms with van der Waals surface area (Å²) in [6.45, 7) is 0. The Morgan fingerprint density at radius 2 is 2.06 bits per heavy atom. The van der Waals surface area contributed by atoms with E-state index in [9.17, 15) is 4.79 Å². The third-order valence-corrected chi connectivity index (χ3v) is 6.45. The highest BCUT2D eigenvalue weighted by Crippen LogP contribution is 2.67. The fraction of sp³-hybridized carbons (Fsp3) is 0.500. The summed E-state index contributed by atoms with van der Waals surface area (Å²) in [5.41, 5.74) is 2.23. The summed E-state index contributed by atoms with van der Waals surface area (Å²) < 4.78 is -0.0103. The average Bonchev–Trinajstić information content (AvgIpc) is 2.92. The van der Waals surface area contributed by atoms with E-state index in [1.165, 1.54) is 24.8 Å². The Labute approximate surface area is 103 Å². The van der Waals surface area contributed by atoms with E-state index in [-0.39, 0.29) is 10.2 Å². The summed E-state index contributed by atoms with van der Waals surface area (Å²) in [6, 6.07) is 8.18. The molecule has 16 heavy (non-hydrogen) atoms. The molecule has 0 heterocycles. The summed E-state index contributed by atoms with van der Waals surface area (Å²) in [7, 11) is 0. The Kier molecular flexibility index (Phi) is 1.64. The molecule has 4 rings (SSSR count). The molecule has 0 aliphatic heterocycles. The third kappa shape index (κ3) is 0.839. The van der Waals surface area contributed by atoms with E-state index in [1.807, 2.05) is 12.1 Å². The van der Waals surface area contributed by atoms with Gasteiger partial charge in [-0.1, -0.05) is 40.2 Å². The number of carbonyl (C=O) groups excluding carboxylic acids is 1. The summed E-state index contributed by atoms with van der Waals surface area (Å²) in [6.07, 6.45) is 3.78. The van der Waals surface area contributed by atoms with Gasteiger partial charge in [0, 0.05) is 11.5 Å². The number of Topliss-reactive ketones (excluding diaryl/α,β-unsaturated/α-hetero) is 1. The fourth-order valence-electron chi connectivity index (χ4n) is 4.29. The van der Waals surface area contributed by atoms with Crippen molar-refractivity contribution in [3.63, 3.8) is 0 Å². The van der Waals surface area contributed by atoms with Crippen molar-refractivity contribution in [2.75, 3.05) is 0 Å². The van der Waals surface area contributed by atoms with Crippen LogP contribution in [0.5, 0.6) is 0 Å². The van der Waals surface area contributed by atoms with Gasteiger partial charge in [0.2, 0.25) is 0 Å². The second-order valence-electron chi connectivity index (χ2n) is 5.43. The van der Waals surface area contributed by atoms with Gasteiger partial charge in [-0.15, -0.1) is 0 Å². The second-order valence-corrected chi connectivity index (χ2v) is 6.74. The first-order valence-electron chi connectivity index (χ1n) is 6.05. The Balaban J connectivity index is 2.00. The minimum atomic E-state index is -0.0103. The van der Waals surface area contributed by atoms with Crippen LogP contribution in [0, 0.1) is 17.8 Å². The molecule has 82 valence electrons. The molecule has 1 aromatic rings. The Morgan fingerprint density at radius 1 is 1.25 bits per heavy atom. The topological polar surface area (TPSA) is 17.1 Å². The number of fused-ring (bicyclic) bond motifs is 7. The van der Waals surface area contributed by atoms with Gasteiger partial charge in [-0.25, -0.2) is 0 Å². The van der Waals surface area contributed by atoms with E-state index in [0.717, 1.165) is 5.56 Å². The predicted molar refractivity (Wildman–Crippen MR) is 65.7 cm³/mol. The zero-order chi connectivity index (χ0) is 10.9. The largest absolute Gasteiger partial charge is 0.294 e. The van der Waals surface area contributed by atoms with Crippen molar-refractivity contribution in [1.29, 1.82) is 0 Å². The van der Waals surface area contributed by atoms with E-state index < -0.39 is 0 Å². The van der Waals surface area contributed by atoms with Crippen LogP contribution < -0.4 is 0 Å². The Bertz CT molecular complexity index is 495. The minimum Gasteiger partial charge on any atom is -0.294 e. The van der Waals surface area contributed by atoms with Gasteiger partial charge in [0.25, 0.3) is 0 Å². The monoisotopic (exact) mass is 276 g/mol. The molecule has 2 bridgehead atoms. The van der Waals surface area contributed by atoms with Gasteiger partial charge in [0.05, 0.1) is 4.32 Å². The number of benzene rings is 1. The highest BCUT2D eigenvalue weighted by Gasteiger charge is 2.64. The third-order valence-electron chi connectivity index (χ3n) is 4.88. The van der Waals surface area contributed by atoms with Crippen molar-refractivity contribution in [2.45, 2.75) is 23.6 Å². The van der Waals surface area contributed by atoms with Gasteiger partial charge in [0.15, 0.2) is 5.78 Å². The molecular formula is C14H13BrO. The molecule has 0 unspecified atom stereocenters. The van der Waals surface area contributed by atoms with Gasteiger partial charge < -0.3 is 0 Å². The maximum Gasteiger partial charge on any atom is 0.168 e. The van der Waals surface area contributed by atoms with E-state index >= 15 is 0 Å². The van der Waals surface area contributed by atoms with E-state index in [1.54, 1.807) is 0 Å². The first-order chi connectivity index (χ1) is 7.73. The number of hydrogen-bond donors (Lipinski definition) is 0. The lowest BCUT2D eigenvalue weighted by Gasteiger charge is -2.33. The highest BCUT2D eigenvalue weighted by molar-refractivity contribution is 9.09.